The number of carboxylic acid groups (broad SMARTS) is 1. The van der Waals surface area contributed by atoms with Crippen LogP contribution in [0.25, 0.3) is 0 Å². The fourth-order valence-electron chi connectivity index (χ4n) is 1.42. The van der Waals surface area contributed by atoms with E-state index in [-0.39, 0.29) is 4.90 Å². The van der Waals surface area contributed by atoms with E-state index in [0.717, 1.165) is 18.4 Å². The van der Waals surface area contributed by atoms with Crippen LogP contribution in [-0.4, -0.2) is 24.0 Å². The van der Waals surface area contributed by atoms with Crippen molar-refractivity contribution in [3.05, 3.63) is 29.8 Å². The molecule has 0 amide bonds. The van der Waals surface area contributed by atoms with E-state index in [9.17, 15) is 13.2 Å². The minimum Gasteiger partial charge on any atom is -0.481 e. The summed E-state index contributed by atoms with van der Waals surface area (Å²) in [6.07, 6.45) is 2.03. The fourth-order valence-corrected chi connectivity index (χ4v) is 1.90. The standard InChI is InChI=1S/C10H14O3S.C4H8O2.C2H6/c1-3-8(2)9-4-6-10(7-5-9)14(11,12)13;1-2-3-4(5)6;1-2/h4-8H,3H2,1-2H3,(H,11,12,13);2-3H2,1H3,(H,5,6);1-2H3. The molecular formula is C16H28O5S. The number of hydrogen-bond donors (Lipinski definition) is 2. The second-order valence-corrected chi connectivity index (χ2v) is 5.92. The fraction of sp³-hybridized carbons (Fsp3) is 0.562. The SMILES string of the molecule is CC.CCC(C)c1ccc(S(=O)(=O)O)cc1.CCCC(=O)O. The smallest absolute Gasteiger partial charge is 0.303 e. The van der Waals surface area contributed by atoms with E-state index in [1.165, 1.54) is 12.1 Å². The maximum Gasteiger partial charge on any atom is 0.303 e. The molecular weight excluding hydrogens is 304 g/mol. The Hall–Kier alpha value is -1.40. The first-order valence-electron chi connectivity index (χ1n) is 7.51. The summed E-state index contributed by atoms with van der Waals surface area (Å²) in [5.74, 6) is -0.303. The Morgan fingerprint density at radius 2 is 1.59 bits per heavy atom. The molecule has 2 N–H and O–H groups in total. The quantitative estimate of drug-likeness (QED) is 0.782. The zero-order chi connectivity index (χ0) is 17.8. The lowest BCUT2D eigenvalue weighted by molar-refractivity contribution is -0.137. The van der Waals surface area contributed by atoms with Crippen LogP contribution in [0.5, 0.6) is 0 Å². The first kappa shape index (κ1) is 22.9. The van der Waals surface area contributed by atoms with E-state index < -0.39 is 16.1 Å². The summed E-state index contributed by atoms with van der Waals surface area (Å²) in [6, 6.07) is 6.32. The minimum atomic E-state index is -4.05. The molecule has 0 aliphatic rings. The third kappa shape index (κ3) is 10.3. The Kier molecular flexibility index (Phi) is 12.7. The normalized spacial score (nSPS) is 11.4. The van der Waals surface area contributed by atoms with Crippen LogP contribution in [0.2, 0.25) is 0 Å². The summed E-state index contributed by atoms with van der Waals surface area (Å²) < 4.78 is 30.2. The Bertz CT molecular complexity index is 506. The second-order valence-electron chi connectivity index (χ2n) is 4.50. The molecule has 1 atom stereocenters. The van der Waals surface area contributed by atoms with Crippen LogP contribution in [-0.2, 0) is 14.9 Å². The largest absolute Gasteiger partial charge is 0.481 e. The zero-order valence-electron chi connectivity index (χ0n) is 14.0. The van der Waals surface area contributed by atoms with Crippen molar-refractivity contribution >= 4 is 16.1 Å². The third-order valence-corrected chi connectivity index (χ3v) is 3.69. The molecule has 1 aromatic rings. The van der Waals surface area contributed by atoms with Crippen LogP contribution < -0.4 is 0 Å². The van der Waals surface area contributed by atoms with Crippen LogP contribution in [0.15, 0.2) is 29.2 Å². The summed E-state index contributed by atoms with van der Waals surface area (Å²) in [5.41, 5.74) is 1.08. The van der Waals surface area contributed by atoms with Crippen LogP contribution in [0, 0.1) is 0 Å². The molecule has 0 radical (unpaired) electrons. The van der Waals surface area contributed by atoms with Gasteiger partial charge >= 0.3 is 5.97 Å². The highest BCUT2D eigenvalue weighted by molar-refractivity contribution is 7.85. The van der Waals surface area contributed by atoms with E-state index in [1.807, 2.05) is 20.8 Å². The molecule has 1 aromatic carbocycles. The Morgan fingerprint density at radius 1 is 1.14 bits per heavy atom. The predicted molar refractivity (Wildman–Crippen MR) is 88.9 cm³/mol. The lowest BCUT2D eigenvalue weighted by Gasteiger charge is -2.08. The van der Waals surface area contributed by atoms with Gasteiger partial charge in [0.2, 0.25) is 0 Å². The van der Waals surface area contributed by atoms with Crippen molar-refractivity contribution in [3.8, 4) is 0 Å². The van der Waals surface area contributed by atoms with Gasteiger partial charge in [-0.1, -0.05) is 46.8 Å². The highest BCUT2D eigenvalue weighted by atomic mass is 32.2. The van der Waals surface area contributed by atoms with E-state index in [4.69, 9.17) is 9.66 Å². The number of carbonyl (C=O) groups is 1. The number of aliphatic carboxylic acids is 1. The van der Waals surface area contributed by atoms with Crippen molar-refractivity contribution in [2.45, 2.75) is 64.7 Å². The van der Waals surface area contributed by atoms with E-state index in [1.54, 1.807) is 12.1 Å². The van der Waals surface area contributed by atoms with Crippen LogP contribution in [0.1, 0.15) is 65.4 Å². The highest BCUT2D eigenvalue weighted by Gasteiger charge is 2.09. The number of carboxylic acids is 1. The molecule has 0 aromatic heterocycles. The van der Waals surface area contributed by atoms with Gasteiger partial charge in [-0.15, -0.1) is 0 Å². The van der Waals surface area contributed by atoms with E-state index in [2.05, 4.69) is 13.8 Å². The molecule has 5 nitrogen and oxygen atoms in total. The first-order chi connectivity index (χ1) is 10.2. The average Bonchev–Trinajstić information content (AvgIpc) is 2.48. The van der Waals surface area contributed by atoms with Gasteiger partial charge in [0.05, 0.1) is 4.90 Å². The summed E-state index contributed by atoms with van der Waals surface area (Å²) in [7, 11) is -4.05. The molecule has 1 unspecified atom stereocenters. The number of rotatable bonds is 5. The molecule has 0 heterocycles. The molecule has 0 saturated heterocycles. The molecule has 128 valence electrons. The molecule has 6 heteroatoms. The summed E-state index contributed by atoms with van der Waals surface area (Å²) in [5, 5.41) is 7.91. The van der Waals surface area contributed by atoms with Crippen LogP contribution in [0.4, 0.5) is 0 Å². The third-order valence-electron chi connectivity index (χ3n) is 2.82. The second kappa shape index (κ2) is 12.2. The van der Waals surface area contributed by atoms with Gasteiger partial charge in [0.15, 0.2) is 0 Å². The van der Waals surface area contributed by atoms with Gasteiger partial charge in [0.25, 0.3) is 10.1 Å². The maximum absolute atomic E-state index is 10.7. The molecule has 1 rings (SSSR count). The van der Waals surface area contributed by atoms with E-state index in [0.29, 0.717) is 12.3 Å². The molecule has 0 aliphatic carbocycles. The molecule has 0 saturated carbocycles. The van der Waals surface area contributed by atoms with Gasteiger partial charge in [-0.05, 0) is 36.5 Å². The maximum atomic E-state index is 10.7. The molecule has 0 fully saturated rings. The lowest BCUT2D eigenvalue weighted by Crippen LogP contribution is -1.98. The van der Waals surface area contributed by atoms with Crippen molar-refractivity contribution in [1.82, 2.24) is 0 Å². The van der Waals surface area contributed by atoms with Gasteiger partial charge < -0.3 is 5.11 Å². The van der Waals surface area contributed by atoms with Gasteiger partial charge in [-0.2, -0.15) is 8.42 Å². The van der Waals surface area contributed by atoms with Gasteiger partial charge in [0.1, 0.15) is 0 Å². The molecule has 22 heavy (non-hydrogen) atoms. The first-order valence-corrected chi connectivity index (χ1v) is 8.95. The minimum absolute atomic E-state index is 0.0513. The number of benzene rings is 1. The summed E-state index contributed by atoms with van der Waals surface area (Å²) >= 11 is 0. The Morgan fingerprint density at radius 3 is 1.82 bits per heavy atom. The van der Waals surface area contributed by atoms with Crippen molar-refractivity contribution in [2.75, 3.05) is 0 Å². The topological polar surface area (TPSA) is 91.7 Å². The van der Waals surface area contributed by atoms with Crippen LogP contribution in [0.3, 0.4) is 0 Å². The molecule has 0 aliphatic heterocycles. The summed E-state index contributed by atoms with van der Waals surface area (Å²) in [4.78, 5) is 9.55. The van der Waals surface area contributed by atoms with Crippen molar-refractivity contribution < 1.29 is 22.9 Å². The van der Waals surface area contributed by atoms with Gasteiger partial charge in [-0.25, -0.2) is 0 Å². The van der Waals surface area contributed by atoms with Gasteiger partial charge in [0, 0.05) is 6.42 Å². The van der Waals surface area contributed by atoms with Crippen molar-refractivity contribution in [1.29, 1.82) is 0 Å². The molecule has 0 bridgehead atoms. The van der Waals surface area contributed by atoms with Crippen molar-refractivity contribution in [3.63, 3.8) is 0 Å². The number of hydrogen-bond acceptors (Lipinski definition) is 3. The van der Waals surface area contributed by atoms with Crippen molar-refractivity contribution in [2.24, 2.45) is 0 Å². The Labute approximate surface area is 134 Å². The molecule has 0 spiro atoms. The summed E-state index contributed by atoms with van der Waals surface area (Å²) in [6.45, 7) is 9.98. The van der Waals surface area contributed by atoms with Crippen LogP contribution >= 0.6 is 0 Å². The Balaban J connectivity index is 0. The predicted octanol–water partition coefficient (Wildman–Crippen LogP) is 4.34. The highest BCUT2D eigenvalue weighted by Crippen LogP contribution is 2.20. The van der Waals surface area contributed by atoms with Gasteiger partial charge in [-0.3, -0.25) is 9.35 Å². The average molecular weight is 332 g/mol. The monoisotopic (exact) mass is 332 g/mol. The van der Waals surface area contributed by atoms with E-state index >= 15 is 0 Å². The lowest BCUT2D eigenvalue weighted by atomic mass is 9.99. The zero-order valence-corrected chi connectivity index (χ0v) is 14.9.